The second-order valence-corrected chi connectivity index (χ2v) is 5.38. The minimum absolute atomic E-state index is 0.100. The van der Waals surface area contributed by atoms with E-state index in [1.807, 2.05) is 24.3 Å². The molecule has 1 aliphatic rings. The van der Waals surface area contributed by atoms with Crippen LogP contribution in [0.2, 0.25) is 0 Å². The van der Waals surface area contributed by atoms with Crippen molar-refractivity contribution >= 4 is 5.91 Å². The van der Waals surface area contributed by atoms with Crippen molar-refractivity contribution in [2.45, 2.75) is 38.1 Å². The average Bonchev–Trinajstić information content (AvgIpc) is 2.48. The van der Waals surface area contributed by atoms with Gasteiger partial charge in [0.05, 0.1) is 7.11 Å². The number of benzene rings is 1. The van der Waals surface area contributed by atoms with Gasteiger partial charge in [-0.05, 0) is 19.9 Å². The molecule has 1 unspecified atom stereocenters. The van der Waals surface area contributed by atoms with E-state index in [1.165, 1.54) is 0 Å². The first-order chi connectivity index (χ1) is 7.90. The Hall–Kier alpha value is -1.51. The molecule has 0 spiro atoms. The fourth-order valence-corrected chi connectivity index (χ4v) is 2.61. The van der Waals surface area contributed by atoms with E-state index in [1.54, 1.807) is 7.11 Å². The van der Waals surface area contributed by atoms with Crippen LogP contribution in [0.5, 0.6) is 5.75 Å². The standard InChI is InChI=1S/C14H19NO2/c1-13(2)14(3,9-12(16)15-13)10-7-5-6-8-11(10)17-4/h5-8H,9H2,1-4H3,(H,15,16). The molecule has 17 heavy (non-hydrogen) atoms. The van der Waals surface area contributed by atoms with E-state index in [-0.39, 0.29) is 16.9 Å². The van der Waals surface area contributed by atoms with Gasteiger partial charge in [0, 0.05) is 22.9 Å². The summed E-state index contributed by atoms with van der Waals surface area (Å²) in [4.78, 5) is 11.7. The zero-order chi connectivity index (χ0) is 12.7. The lowest BCUT2D eigenvalue weighted by Gasteiger charge is -2.38. The quantitative estimate of drug-likeness (QED) is 0.850. The summed E-state index contributed by atoms with van der Waals surface area (Å²) in [7, 11) is 1.67. The molecule has 0 aliphatic carbocycles. The van der Waals surface area contributed by atoms with Gasteiger partial charge >= 0.3 is 0 Å². The van der Waals surface area contributed by atoms with Crippen LogP contribution >= 0.6 is 0 Å². The number of rotatable bonds is 2. The van der Waals surface area contributed by atoms with Crippen LogP contribution in [0.1, 0.15) is 32.8 Å². The van der Waals surface area contributed by atoms with Crippen LogP contribution in [0.25, 0.3) is 0 Å². The lowest BCUT2D eigenvalue weighted by atomic mass is 9.69. The highest BCUT2D eigenvalue weighted by molar-refractivity contribution is 5.82. The highest BCUT2D eigenvalue weighted by Gasteiger charge is 2.51. The summed E-state index contributed by atoms with van der Waals surface area (Å²) in [6.45, 7) is 6.23. The van der Waals surface area contributed by atoms with Gasteiger partial charge in [0.2, 0.25) is 5.91 Å². The van der Waals surface area contributed by atoms with E-state index in [4.69, 9.17) is 4.74 Å². The molecule has 1 amide bonds. The minimum Gasteiger partial charge on any atom is -0.496 e. The molecule has 1 N–H and O–H groups in total. The molecule has 1 aromatic rings. The van der Waals surface area contributed by atoms with Crippen molar-refractivity contribution in [1.82, 2.24) is 5.32 Å². The van der Waals surface area contributed by atoms with Crippen LogP contribution in [0.15, 0.2) is 24.3 Å². The van der Waals surface area contributed by atoms with Gasteiger partial charge in [-0.15, -0.1) is 0 Å². The topological polar surface area (TPSA) is 38.3 Å². The van der Waals surface area contributed by atoms with E-state index in [0.717, 1.165) is 11.3 Å². The first kappa shape index (κ1) is 12.0. The lowest BCUT2D eigenvalue weighted by molar-refractivity contribution is -0.119. The molecule has 2 rings (SSSR count). The van der Waals surface area contributed by atoms with Crippen molar-refractivity contribution in [2.75, 3.05) is 7.11 Å². The highest BCUT2D eigenvalue weighted by atomic mass is 16.5. The molecule has 0 saturated carbocycles. The Balaban J connectivity index is 2.55. The Morgan fingerprint density at radius 3 is 2.41 bits per heavy atom. The SMILES string of the molecule is COc1ccccc1C1(C)CC(=O)NC1(C)C. The van der Waals surface area contributed by atoms with Crippen molar-refractivity contribution < 1.29 is 9.53 Å². The Bertz CT molecular complexity index is 453. The number of methoxy groups -OCH3 is 1. The zero-order valence-corrected chi connectivity index (χ0v) is 10.8. The lowest BCUT2D eigenvalue weighted by Crippen LogP contribution is -2.48. The maximum Gasteiger partial charge on any atom is 0.221 e. The molecule has 0 radical (unpaired) electrons. The Morgan fingerprint density at radius 2 is 1.88 bits per heavy atom. The third-order valence-corrected chi connectivity index (χ3v) is 4.05. The molecule has 1 atom stereocenters. The first-order valence-electron chi connectivity index (χ1n) is 5.85. The van der Waals surface area contributed by atoms with Crippen molar-refractivity contribution in [2.24, 2.45) is 0 Å². The predicted octanol–water partition coefficient (Wildman–Crippen LogP) is 2.25. The van der Waals surface area contributed by atoms with Crippen molar-refractivity contribution in [3.05, 3.63) is 29.8 Å². The van der Waals surface area contributed by atoms with Crippen LogP contribution in [-0.4, -0.2) is 18.6 Å². The number of carbonyl (C=O) groups is 1. The number of carbonyl (C=O) groups excluding carboxylic acids is 1. The van der Waals surface area contributed by atoms with Crippen LogP contribution in [-0.2, 0) is 10.2 Å². The molecule has 1 saturated heterocycles. The minimum atomic E-state index is -0.265. The second-order valence-electron chi connectivity index (χ2n) is 5.38. The first-order valence-corrected chi connectivity index (χ1v) is 5.85. The van der Waals surface area contributed by atoms with Crippen LogP contribution in [0, 0.1) is 0 Å². The molecule has 1 aromatic carbocycles. The predicted molar refractivity (Wildman–Crippen MR) is 67.2 cm³/mol. The summed E-state index contributed by atoms with van der Waals surface area (Å²) in [6, 6.07) is 7.92. The molecule has 1 aliphatic heterocycles. The van der Waals surface area contributed by atoms with Gasteiger partial charge in [-0.1, -0.05) is 25.1 Å². The van der Waals surface area contributed by atoms with Crippen molar-refractivity contribution in [3.63, 3.8) is 0 Å². The van der Waals surface area contributed by atoms with Gasteiger partial charge in [-0.3, -0.25) is 4.79 Å². The van der Waals surface area contributed by atoms with Crippen molar-refractivity contribution in [3.8, 4) is 5.75 Å². The van der Waals surface area contributed by atoms with E-state index >= 15 is 0 Å². The van der Waals surface area contributed by atoms with Gasteiger partial charge in [-0.25, -0.2) is 0 Å². The van der Waals surface area contributed by atoms with Gasteiger partial charge in [-0.2, -0.15) is 0 Å². The molecular formula is C14H19NO2. The van der Waals surface area contributed by atoms with Gasteiger partial charge < -0.3 is 10.1 Å². The second kappa shape index (κ2) is 3.76. The summed E-state index contributed by atoms with van der Waals surface area (Å²) in [5, 5.41) is 3.04. The van der Waals surface area contributed by atoms with E-state index in [0.29, 0.717) is 6.42 Å². The van der Waals surface area contributed by atoms with Crippen LogP contribution in [0.3, 0.4) is 0 Å². The van der Waals surface area contributed by atoms with E-state index in [9.17, 15) is 4.79 Å². The molecular weight excluding hydrogens is 214 g/mol. The summed E-state index contributed by atoms with van der Waals surface area (Å²) in [5.74, 6) is 0.947. The molecule has 1 fully saturated rings. The number of para-hydroxylation sites is 1. The van der Waals surface area contributed by atoms with Gasteiger partial charge in [0.25, 0.3) is 0 Å². The maximum absolute atomic E-state index is 11.7. The van der Waals surface area contributed by atoms with E-state index < -0.39 is 0 Å². The molecule has 0 bridgehead atoms. The van der Waals surface area contributed by atoms with Crippen LogP contribution < -0.4 is 10.1 Å². The molecule has 3 nitrogen and oxygen atoms in total. The Morgan fingerprint density at radius 1 is 1.24 bits per heavy atom. The van der Waals surface area contributed by atoms with Gasteiger partial charge in [0.1, 0.15) is 5.75 Å². The summed E-state index contributed by atoms with van der Waals surface area (Å²) < 4.78 is 5.41. The fraction of sp³-hybridized carbons (Fsp3) is 0.500. The summed E-state index contributed by atoms with van der Waals surface area (Å²) in [6.07, 6.45) is 0.500. The average molecular weight is 233 g/mol. The maximum atomic E-state index is 11.7. The molecule has 0 aromatic heterocycles. The normalized spacial score (nSPS) is 26.7. The number of hydrogen-bond acceptors (Lipinski definition) is 2. The molecule has 1 heterocycles. The smallest absolute Gasteiger partial charge is 0.221 e. The Labute approximate surface area is 102 Å². The fourth-order valence-electron chi connectivity index (χ4n) is 2.61. The summed E-state index contributed by atoms with van der Waals surface area (Å²) in [5.41, 5.74) is 0.584. The molecule has 92 valence electrons. The number of ether oxygens (including phenoxy) is 1. The monoisotopic (exact) mass is 233 g/mol. The molecule has 3 heteroatoms. The Kier molecular flexibility index (Phi) is 2.64. The van der Waals surface area contributed by atoms with Crippen LogP contribution in [0.4, 0.5) is 0 Å². The highest BCUT2D eigenvalue weighted by Crippen LogP contribution is 2.45. The number of amides is 1. The summed E-state index contributed by atoms with van der Waals surface area (Å²) >= 11 is 0. The third kappa shape index (κ3) is 1.70. The van der Waals surface area contributed by atoms with Gasteiger partial charge in [0.15, 0.2) is 0 Å². The third-order valence-electron chi connectivity index (χ3n) is 4.05. The van der Waals surface area contributed by atoms with E-state index in [2.05, 4.69) is 26.1 Å². The number of nitrogens with one attached hydrogen (secondary N) is 1. The number of hydrogen-bond donors (Lipinski definition) is 1. The van der Waals surface area contributed by atoms with Crippen molar-refractivity contribution in [1.29, 1.82) is 0 Å². The largest absolute Gasteiger partial charge is 0.496 e. The zero-order valence-electron chi connectivity index (χ0n) is 10.8.